The van der Waals surface area contributed by atoms with Gasteiger partial charge in [0.25, 0.3) is 0 Å². The molecule has 2 amide bonds. The van der Waals surface area contributed by atoms with Gasteiger partial charge in [0.2, 0.25) is 11.8 Å². The van der Waals surface area contributed by atoms with Crippen LogP contribution in [0.15, 0.2) is 11.6 Å². The molecule has 2 N–H and O–H groups in total. The van der Waals surface area contributed by atoms with E-state index in [2.05, 4.69) is 15.6 Å². The molecule has 0 saturated carbocycles. The monoisotopic (exact) mass is 240 g/mol. The molecule has 1 aliphatic heterocycles. The van der Waals surface area contributed by atoms with E-state index in [1.165, 1.54) is 11.3 Å². The molecule has 1 fully saturated rings. The van der Waals surface area contributed by atoms with Gasteiger partial charge in [-0.25, -0.2) is 4.98 Å². The van der Waals surface area contributed by atoms with Crippen molar-refractivity contribution in [3.63, 3.8) is 0 Å². The third-order valence-electron chi connectivity index (χ3n) is 2.16. The minimum atomic E-state index is -0.135. The first-order valence-electron chi connectivity index (χ1n) is 4.92. The third-order valence-corrected chi connectivity index (χ3v) is 2.85. The van der Waals surface area contributed by atoms with E-state index in [0.29, 0.717) is 18.2 Å². The SMILES string of the molecule is O=C1CN(CC(=O)Nc2nccs2)CCN1. The average molecular weight is 240 g/mol. The maximum Gasteiger partial charge on any atom is 0.240 e. The van der Waals surface area contributed by atoms with Crippen LogP contribution in [-0.2, 0) is 9.59 Å². The molecule has 1 aliphatic rings. The molecule has 1 aromatic rings. The zero-order valence-corrected chi connectivity index (χ0v) is 9.42. The van der Waals surface area contributed by atoms with E-state index in [1.54, 1.807) is 11.6 Å². The van der Waals surface area contributed by atoms with Crippen LogP contribution >= 0.6 is 11.3 Å². The number of carbonyl (C=O) groups is 2. The molecule has 0 radical (unpaired) electrons. The van der Waals surface area contributed by atoms with E-state index in [1.807, 2.05) is 4.90 Å². The van der Waals surface area contributed by atoms with E-state index < -0.39 is 0 Å². The van der Waals surface area contributed by atoms with Crippen molar-refractivity contribution in [1.29, 1.82) is 0 Å². The summed E-state index contributed by atoms with van der Waals surface area (Å²) in [7, 11) is 0. The molecule has 2 heterocycles. The molecule has 86 valence electrons. The van der Waals surface area contributed by atoms with E-state index in [9.17, 15) is 9.59 Å². The lowest BCUT2D eigenvalue weighted by Crippen LogP contribution is -2.49. The highest BCUT2D eigenvalue weighted by molar-refractivity contribution is 7.13. The van der Waals surface area contributed by atoms with Gasteiger partial charge >= 0.3 is 0 Å². The number of rotatable bonds is 3. The van der Waals surface area contributed by atoms with Crippen molar-refractivity contribution in [3.8, 4) is 0 Å². The first-order chi connectivity index (χ1) is 7.74. The second-order valence-electron chi connectivity index (χ2n) is 3.45. The summed E-state index contributed by atoms with van der Waals surface area (Å²) in [6, 6.07) is 0. The largest absolute Gasteiger partial charge is 0.354 e. The summed E-state index contributed by atoms with van der Waals surface area (Å²) in [6.07, 6.45) is 1.63. The number of nitrogens with one attached hydrogen (secondary N) is 2. The smallest absolute Gasteiger partial charge is 0.240 e. The lowest BCUT2D eigenvalue weighted by Gasteiger charge is -2.25. The quantitative estimate of drug-likeness (QED) is 0.748. The Bertz CT molecular complexity index is 379. The summed E-state index contributed by atoms with van der Waals surface area (Å²) in [6.45, 7) is 1.82. The molecular weight excluding hydrogens is 228 g/mol. The number of hydrogen-bond acceptors (Lipinski definition) is 5. The summed E-state index contributed by atoms with van der Waals surface area (Å²) in [5.41, 5.74) is 0. The lowest BCUT2D eigenvalue weighted by atomic mass is 10.3. The lowest BCUT2D eigenvalue weighted by molar-refractivity contribution is -0.125. The van der Waals surface area contributed by atoms with Crippen LogP contribution < -0.4 is 10.6 Å². The Hall–Kier alpha value is -1.47. The summed E-state index contributed by atoms with van der Waals surface area (Å²) >= 11 is 1.37. The van der Waals surface area contributed by atoms with Gasteiger partial charge in [-0.05, 0) is 0 Å². The van der Waals surface area contributed by atoms with Crippen LogP contribution in [0.4, 0.5) is 5.13 Å². The number of nitrogens with zero attached hydrogens (tertiary/aromatic N) is 2. The highest BCUT2D eigenvalue weighted by Gasteiger charge is 2.18. The Morgan fingerprint density at radius 3 is 3.25 bits per heavy atom. The minimum Gasteiger partial charge on any atom is -0.354 e. The second kappa shape index (κ2) is 5.04. The molecule has 2 rings (SSSR count). The first kappa shape index (κ1) is 11.0. The number of hydrogen-bond donors (Lipinski definition) is 2. The molecule has 0 unspecified atom stereocenters. The van der Waals surface area contributed by atoms with E-state index >= 15 is 0 Å². The van der Waals surface area contributed by atoms with Gasteiger partial charge < -0.3 is 10.6 Å². The maximum absolute atomic E-state index is 11.6. The van der Waals surface area contributed by atoms with Gasteiger partial charge in [0.1, 0.15) is 0 Å². The Morgan fingerprint density at radius 2 is 2.56 bits per heavy atom. The van der Waals surface area contributed by atoms with Crippen LogP contribution in [0.3, 0.4) is 0 Å². The number of thiazole rings is 1. The summed E-state index contributed by atoms with van der Waals surface area (Å²) in [4.78, 5) is 28.4. The van der Waals surface area contributed by atoms with Gasteiger partial charge in [0.05, 0.1) is 13.1 Å². The van der Waals surface area contributed by atoms with Crippen LogP contribution in [0.5, 0.6) is 0 Å². The summed E-state index contributed by atoms with van der Waals surface area (Å²) in [5.74, 6) is -0.169. The van der Waals surface area contributed by atoms with Crippen molar-refractivity contribution < 1.29 is 9.59 Å². The molecule has 0 aliphatic carbocycles. The molecule has 0 bridgehead atoms. The van der Waals surface area contributed by atoms with Crippen LogP contribution in [0.25, 0.3) is 0 Å². The van der Waals surface area contributed by atoms with Crippen LogP contribution in [0.1, 0.15) is 0 Å². The Kier molecular flexibility index (Phi) is 3.47. The summed E-state index contributed by atoms with van der Waals surface area (Å²) in [5, 5.41) is 7.77. The molecule has 1 saturated heterocycles. The molecule has 0 aromatic carbocycles. The normalized spacial score (nSPS) is 16.9. The highest BCUT2D eigenvalue weighted by atomic mass is 32.1. The zero-order chi connectivity index (χ0) is 11.4. The van der Waals surface area contributed by atoms with E-state index in [4.69, 9.17) is 0 Å². The number of amides is 2. The fourth-order valence-corrected chi connectivity index (χ4v) is 2.02. The maximum atomic E-state index is 11.6. The fourth-order valence-electron chi connectivity index (χ4n) is 1.47. The molecule has 0 spiro atoms. The minimum absolute atomic E-state index is 0.0340. The van der Waals surface area contributed by atoms with Gasteiger partial charge in [-0.1, -0.05) is 0 Å². The molecule has 6 nitrogen and oxygen atoms in total. The van der Waals surface area contributed by atoms with Crippen molar-refractivity contribution in [3.05, 3.63) is 11.6 Å². The van der Waals surface area contributed by atoms with Gasteiger partial charge in [0.15, 0.2) is 5.13 Å². The van der Waals surface area contributed by atoms with Gasteiger partial charge in [-0.3, -0.25) is 14.5 Å². The summed E-state index contributed by atoms with van der Waals surface area (Å²) < 4.78 is 0. The van der Waals surface area contributed by atoms with Crippen molar-refractivity contribution in [1.82, 2.24) is 15.2 Å². The fraction of sp³-hybridized carbons (Fsp3) is 0.444. The van der Waals surface area contributed by atoms with E-state index in [-0.39, 0.29) is 24.9 Å². The van der Waals surface area contributed by atoms with Gasteiger partial charge in [-0.2, -0.15) is 0 Å². The first-order valence-corrected chi connectivity index (χ1v) is 5.80. The number of carbonyl (C=O) groups excluding carboxylic acids is 2. The zero-order valence-electron chi connectivity index (χ0n) is 8.60. The van der Waals surface area contributed by atoms with E-state index in [0.717, 1.165) is 0 Å². The van der Waals surface area contributed by atoms with Crippen molar-refractivity contribution >= 4 is 28.3 Å². The number of anilines is 1. The Balaban J connectivity index is 1.80. The Labute approximate surface area is 96.7 Å². The molecule has 7 heteroatoms. The van der Waals surface area contributed by atoms with Crippen molar-refractivity contribution in [2.24, 2.45) is 0 Å². The molecule has 16 heavy (non-hydrogen) atoms. The highest BCUT2D eigenvalue weighted by Crippen LogP contribution is 2.09. The topological polar surface area (TPSA) is 74.3 Å². The third kappa shape index (κ3) is 3.01. The van der Waals surface area contributed by atoms with Crippen molar-refractivity contribution in [2.45, 2.75) is 0 Å². The number of piperazine rings is 1. The van der Waals surface area contributed by atoms with Gasteiger partial charge in [0, 0.05) is 24.7 Å². The predicted molar refractivity (Wildman–Crippen MR) is 60.2 cm³/mol. The average Bonchev–Trinajstić information content (AvgIpc) is 2.70. The molecular formula is C9H12N4O2S. The van der Waals surface area contributed by atoms with Crippen molar-refractivity contribution in [2.75, 3.05) is 31.5 Å². The van der Waals surface area contributed by atoms with Crippen LogP contribution in [-0.4, -0.2) is 47.9 Å². The molecule has 0 atom stereocenters. The standard InChI is InChI=1S/C9H12N4O2S/c14-7-5-13(3-1-10-7)6-8(15)12-9-11-2-4-16-9/h2,4H,1,3,5-6H2,(H,10,14)(H,11,12,15). The predicted octanol–water partition coefficient (Wildman–Crippen LogP) is -0.487. The number of aromatic nitrogens is 1. The van der Waals surface area contributed by atoms with Crippen LogP contribution in [0.2, 0.25) is 0 Å². The molecule has 1 aromatic heterocycles. The Morgan fingerprint density at radius 1 is 1.69 bits per heavy atom. The van der Waals surface area contributed by atoms with Crippen LogP contribution in [0, 0.1) is 0 Å². The second-order valence-corrected chi connectivity index (χ2v) is 4.34. The van der Waals surface area contributed by atoms with Gasteiger partial charge in [-0.15, -0.1) is 11.3 Å².